The van der Waals surface area contributed by atoms with Gasteiger partial charge in [0.05, 0.1) is 0 Å². The molecule has 2 aliphatic carbocycles. The number of allylic oxidation sites excluding steroid dienone is 4. The van der Waals surface area contributed by atoms with Gasteiger partial charge in [-0.15, -0.1) is 0 Å². The summed E-state index contributed by atoms with van der Waals surface area (Å²) in [4.78, 5) is 0. The van der Waals surface area contributed by atoms with Crippen LogP contribution in [0.5, 0.6) is 0 Å². The Kier molecular flexibility index (Phi) is 4.46. The highest BCUT2D eigenvalue weighted by molar-refractivity contribution is 7.18. The summed E-state index contributed by atoms with van der Waals surface area (Å²) in [5, 5.41) is 3.66. The molecule has 1 heteroatoms. The summed E-state index contributed by atoms with van der Waals surface area (Å²) in [6.07, 6.45) is 9.19. The highest BCUT2D eigenvalue weighted by Crippen LogP contribution is 2.50. The number of rotatable bonds is 3. The zero-order chi connectivity index (χ0) is 22.3. The Morgan fingerprint density at radius 2 is 1.58 bits per heavy atom. The van der Waals surface area contributed by atoms with E-state index in [1.165, 1.54) is 17.7 Å². The topological polar surface area (TPSA) is 0 Å². The SMILES string of the molecule is CC[Si]1(CC)c2c3c(c(C4=CC=CC4)c(C(C)(C)C)c21)Cc1cc(C(C)(C)C)ccc1-3. The summed E-state index contributed by atoms with van der Waals surface area (Å²) in [6, 6.07) is 10.1. The average molecular weight is 427 g/mol. The van der Waals surface area contributed by atoms with E-state index in [2.05, 4.69) is 91.8 Å². The highest BCUT2D eigenvalue weighted by atomic mass is 28.3. The van der Waals surface area contributed by atoms with E-state index in [9.17, 15) is 0 Å². The van der Waals surface area contributed by atoms with E-state index >= 15 is 0 Å². The number of fused-ring (bicyclic) bond motifs is 5. The van der Waals surface area contributed by atoms with Crippen LogP contribution in [0.2, 0.25) is 12.1 Å². The van der Waals surface area contributed by atoms with Gasteiger partial charge in [0.25, 0.3) is 0 Å². The van der Waals surface area contributed by atoms with Crippen LogP contribution in [0, 0.1) is 0 Å². The van der Waals surface area contributed by atoms with E-state index in [1.807, 2.05) is 10.4 Å². The van der Waals surface area contributed by atoms with E-state index in [4.69, 9.17) is 0 Å². The van der Waals surface area contributed by atoms with E-state index in [0.717, 1.165) is 12.8 Å². The van der Waals surface area contributed by atoms with Gasteiger partial charge in [-0.1, -0.05) is 104 Å². The molecule has 5 rings (SSSR count). The molecule has 0 N–H and O–H groups in total. The van der Waals surface area contributed by atoms with Crippen molar-refractivity contribution in [3.8, 4) is 11.1 Å². The lowest BCUT2D eigenvalue weighted by Gasteiger charge is -2.27. The molecule has 0 nitrogen and oxygen atoms in total. The summed E-state index contributed by atoms with van der Waals surface area (Å²) < 4.78 is 0. The minimum absolute atomic E-state index is 0.183. The first-order chi connectivity index (χ1) is 14.5. The highest BCUT2D eigenvalue weighted by Gasteiger charge is 2.57. The lowest BCUT2D eigenvalue weighted by atomic mass is 9.78. The van der Waals surface area contributed by atoms with Gasteiger partial charge in [0.15, 0.2) is 0 Å². The third kappa shape index (κ3) is 2.85. The molecule has 0 atom stereocenters. The number of benzene rings is 2. The lowest BCUT2D eigenvalue weighted by molar-refractivity contribution is 0.589. The van der Waals surface area contributed by atoms with Crippen LogP contribution in [-0.2, 0) is 17.3 Å². The molecular formula is C30H38Si. The molecule has 0 saturated heterocycles. The van der Waals surface area contributed by atoms with Gasteiger partial charge < -0.3 is 0 Å². The summed E-state index contributed by atoms with van der Waals surface area (Å²) in [5.74, 6) is 0. The maximum atomic E-state index is 2.52. The van der Waals surface area contributed by atoms with E-state index in [-0.39, 0.29) is 10.8 Å². The Labute approximate surface area is 190 Å². The Bertz CT molecular complexity index is 1150. The largest absolute Gasteiger partial charge is 0.118 e. The molecule has 0 amide bonds. The zero-order valence-corrected chi connectivity index (χ0v) is 21.8. The first-order valence-electron chi connectivity index (χ1n) is 12.3. The van der Waals surface area contributed by atoms with Crippen LogP contribution in [0.15, 0.2) is 36.4 Å². The monoisotopic (exact) mass is 426 g/mol. The fraction of sp³-hybridized carbons (Fsp3) is 0.467. The van der Waals surface area contributed by atoms with E-state index < -0.39 is 8.07 Å². The maximum Gasteiger partial charge on any atom is 0.118 e. The van der Waals surface area contributed by atoms with Crippen molar-refractivity contribution < 1.29 is 0 Å². The Morgan fingerprint density at radius 1 is 0.871 bits per heavy atom. The van der Waals surface area contributed by atoms with Gasteiger partial charge in [-0.25, -0.2) is 0 Å². The Balaban J connectivity index is 1.84. The number of hydrogen-bond acceptors (Lipinski definition) is 0. The first-order valence-corrected chi connectivity index (χ1v) is 14.7. The smallest absolute Gasteiger partial charge is 0.0801 e. The standard InChI is InChI=1S/C30H38Si/c1-9-31(10-2)27-25-22-16-15-21(29(3,4)5)17-20(22)18-23(25)24(19-13-11-12-14-19)26(28(27)31)30(6,7)8/h11-13,15-17H,9-10,14,18H2,1-8H3. The fourth-order valence-corrected chi connectivity index (χ4v) is 11.6. The van der Waals surface area contributed by atoms with Crippen molar-refractivity contribution in [1.29, 1.82) is 0 Å². The summed E-state index contributed by atoms with van der Waals surface area (Å²) in [5.41, 5.74) is 13.1. The molecule has 0 spiro atoms. The molecule has 31 heavy (non-hydrogen) atoms. The molecule has 0 unspecified atom stereocenters. The van der Waals surface area contributed by atoms with Crippen molar-refractivity contribution in [2.24, 2.45) is 0 Å². The molecule has 1 heterocycles. The molecule has 2 aromatic carbocycles. The van der Waals surface area contributed by atoms with Crippen molar-refractivity contribution >= 4 is 24.0 Å². The summed E-state index contributed by atoms with van der Waals surface area (Å²) in [7, 11) is -1.50. The minimum atomic E-state index is -1.50. The second-order valence-corrected chi connectivity index (χ2v) is 16.6. The normalized spacial score (nSPS) is 18.0. The van der Waals surface area contributed by atoms with Crippen molar-refractivity contribution in [2.45, 2.75) is 91.1 Å². The van der Waals surface area contributed by atoms with Crippen LogP contribution in [0.4, 0.5) is 0 Å². The Hall–Kier alpha value is -1.86. The molecule has 0 aromatic heterocycles. The molecule has 2 aromatic rings. The molecule has 0 saturated carbocycles. The predicted molar refractivity (Wildman–Crippen MR) is 140 cm³/mol. The molecule has 3 aliphatic rings. The van der Waals surface area contributed by atoms with Gasteiger partial charge in [-0.2, -0.15) is 0 Å². The van der Waals surface area contributed by atoms with Crippen LogP contribution in [0.1, 0.15) is 89.6 Å². The zero-order valence-electron chi connectivity index (χ0n) is 20.8. The minimum Gasteiger partial charge on any atom is -0.0801 e. The van der Waals surface area contributed by atoms with E-state index in [0.29, 0.717) is 0 Å². The molecule has 162 valence electrons. The third-order valence-corrected chi connectivity index (χ3v) is 13.2. The second-order valence-electron chi connectivity index (χ2n) is 12.0. The number of hydrogen-bond donors (Lipinski definition) is 0. The maximum absolute atomic E-state index is 2.52. The van der Waals surface area contributed by atoms with Gasteiger partial charge in [0.2, 0.25) is 0 Å². The quantitative estimate of drug-likeness (QED) is 0.391. The van der Waals surface area contributed by atoms with Crippen molar-refractivity contribution in [3.05, 3.63) is 64.2 Å². The van der Waals surface area contributed by atoms with Crippen molar-refractivity contribution in [2.75, 3.05) is 0 Å². The third-order valence-electron chi connectivity index (χ3n) is 8.16. The van der Waals surface area contributed by atoms with Crippen molar-refractivity contribution in [3.63, 3.8) is 0 Å². The molecule has 1 aliphatic heterocycles. The average Bonchev–Trinajstić information content (AvgIpc) is 3.04. The fourth-order valence-electron chi connectivity index (χ4n) is 6.45. The lowest BCUT2D eigenvalue weighted by Crippen LogP contribution is -2.30. The van der Waals surface area contributed by atoms with Gasteiger partial charge in [-0.3, -0.25) is 0 Å². The summed E-state index contributed by atoms with van der Waals surface area (Å²) in [6.45, 7) is 19.3. The van der Waals surface area contributed by atoms with E-state index in [1.54, 1.807) is 39.0 Å². The van der Waals surface area contributed by atoms with Gasteiger partial charge in [-0.05, 0) is 78.6 Å². The van der Waals surface area contributed by atoms with Crippen LogP contribution in [0.25, 0.3) is 16.7 Å². The predicted octanol–water partition coefficient (Wildman–Crippen LogP) is 7.11. The van der Waals surface area contributed by atoms with Crippen LogP contribution >= 0.6 is 0 Å². The van der Waals surface area contributed by atoms with Crippen molar-refractivity contribution in [1.82, 2.24) is 0 Å². The molecule has 0 radical (unpaired) electrons. The molecular weight excluding hydrogens is 388 g/mol. The Morgan fingerprint density at radius 3 is 2.13 bits per heavy atom. The van der Waals surface area contributed by atoms with Crippen LogP contribution < -0.4 is 10.4 Å². The van der Waals surface area contributed by atoms with Gasteiger partial charge in [0, 0.05) is 0 Å². The summed E-state index contributed by atoms with van der Waals surface area (Å²) >= 11 is 0. The first kappa shape index (κ1) is 21.0. The second kappa shape index (κ2) is 6.58. The van der Waals surface area contributed by atoms with Gasteiger partial charge in [0.1, 0.15) is 8.07 Å². The molecule has 0 bridgehead atoms. The van der Waals surface area contributed by atoms with Crippen LogP contribution in [-0.4, -0.2) is 8.07 Å². The molecule has 0 fully saturated rings. The van der Waals surface area contributed by atoms with Crippen LogP contribution in [0.3, 0.4) is 0 Å². The van der Waals surface area contributed by atoms with Gasteiger partial charge >= 0.3 is 0 Å².